The van der Waals surface area contributed by atoms with E-state index in [4.69, 9.17) is 15.6 Å². The van der Waals surface area contributed by atoms with Gasteiger partial charge in [-0.05, 0) is 12.1 Å². The second-order valence-corrected chi connectivity index (χ2v) is 2.60. The van der Waals surface area contributed by atoms with Gasteiger partial charge in [0.25, 0.3) is 0 Å². The van der Waals surface area contributed by atoms with E-state index in [1.54, 1.807) is 12.1 Å². The number of nitrogens with two attached hydrogens (primary N) is 1. The lowest BCUT2D eigenvalue weighted by Gasteiger charge is -2.05. The molecule has 0 aliphatic heterocycles. The first-order chi connectivity index (χ1) is 6.72. The lowest BCUT2D eigenvalue weighted by atomic mass is 10.3. The summed E-state index contributed by atoms with van der Waals surface area (Å²) in [7, 11) is 0. The zero-order valence-electron chi connectivity index (χ0n) is 7.56. The predicted octanol–water partition coefficient (Wildman–Crippen LogP) is 0.439. The molecule has 0 aliphatic carbocycles. The number of hydrogen-bond donors (Lipinski definition) is 3. The number of benzene rings is 1. The van der Waals surface area contributed by atoms with Crippen molar-refractivity contribution in [2.45, 2.75) is 0 Å². The summed E-state index contributed by atoms with van der Waals surface area (Å²) in [6.07, 6.45) is -0.582. The van der Waals surface area contributed by atoms with Gasteiger partial charge in [-0.25, -0.2) is 4.79 Å². The number of phenols is 1. The molecule has 1 aromatic carbocycles. The first-order valence-corrected chi connectivity index (χ1v) is 4.17. The van der Waals surface area contributed by atoms with E-state index in [1.807, 2.05) is 0 Å². The van der Waals surface area contributed by atoms with E-state index in [-0.39, 0.29) is 5.75 Å². The van der Waals surface area contributed by atoms with Crippen LogP contribution in [0, 0.1) is 0 Å². The molecule has 4 N–H and O–H groups in total. The van der Waals surface area contributed by atoms with E-state index >= 15 is 0 Å². The summed E-state index contributed by atoms with van der Waals surface area (Å²) in [5.74, 6) is 0.341. The molecule has 0 saturated heterocycles. The highest BCUT2D eigenvalue weighted by Gasteiger charge is 2.02. The molecule has 0 fully saturated rings. The Balaban J connectivity index is 2.47. The quantitative estimate of drug-likeness (QED) is 0.654. The van der Waals surface area contributed by atoms with Crippen molar-refractivity contribution in [2.75, 3.05) is 13.1 Å². The fourth-order valence-corrected chi connectivity index (χ4v) is 0.864. The van der Waals surface area contributed by atoms with Crippen LogP contribution in [0.2, 0.25) is 0 Å². The minimum absolute atomic E-state index is 0.0501. The SMILES string of the molecule is NCCNC(=O)Oc1cccc(O)c1. The van der Waals surface area contributed by atoms with Gasteiger partial charge >= 0.3 is 6.09 Å². The van der Waals surface area contributed by atoms with Crippen LogP contribution in [0.15, 0.2) is 24.3 Å². The van der Waals surface area contributed by atoms with Gasteiger partial charge in [-0.2, -0.15) is 0 Å². The third-order valence-corrected chi connectivity index (χ3v) is 1.44. The Hall–Kier alpha value is -1.75. The second kappa shape index (κ2) is 5.08. The van der Waals surface area contributed by atoms with Gasteiger partial charge < -0.3 is 20.9 Å². The third kappa shape index (κ3) is 3.32. The maximum atomic E-state index is 11.0. The predicted molar refractivity (Wildman–Crippen MR) is 51.2 cm³/mol. The molecule has 0 atom stereocenters. The molecule has 14 heavy (non-hydrogen) atoms. The summed E-state index contributed by atoms with van der Waals surface area (Å²) in [6, 6.07) is 6.00. The average molecular weight is 196 g/mol. The van der Waals surface area contributed by atoms with E-state index in [9.17, 15) is 4.79 Å². The molecule has 0 unspecified atom stereocenters. The molecule has 0 aliphatic rings. The molecule has 0 spiro atoms. The molecule has 0 bridgehead atoms. The summed E-state index contributed by atoms with van der Waals surface area (Å²) in [5, 5.41) is 11.5. The number of aromatic hydroxyl groups is 1. The maximum Gasteiger partial charge on any atom is 0.412 e. The number of nitrogens with one attached hydrogen (secondary N) is 1. The molecule has 5 nitrogen and oxygen atoms in total. The largest absolute Gasteiger partial charge is 0.508 e. The van der Waals surface area contributed by atoms with E-state index in [1.165, 1.54) is 12.1 Å². The number of rotatable bonds is 3. The van der Waals surface area contributed by atoms with Crippen LogP contribution in [0.4, 0.5) is 4.79 Å². The Bertz CT molecular complexity index is 315. The Morgan fingerprint density at radius 2 is 2.36 bits per heavy atom. The minimum atomic E-state index is -0.582. The van der Waals surface area contributed by atoms with Gasteiger partial charge in [0.15, 0.2) is 0 Å². The number of phenolic OH excluding ortho intramolecular Hbond substituents is 1. The Morgan fingerprint density at radius 3 is 3.00 bits per heavy atom. The number of hydrogen-bond acceptors (Lipinski definition) is 4. The van der Waals surface area contributed by atoms with Crippen molar-refractivity contribution in [2.24, 2.45) is 5.73 Å². The Labute approximate surface area is 81.5 Å². The van der Waals surface area contributed by atoms with Crippen LogP contribution in [0.3, 0.4) is 0 Å². The number of carbonyl (C=O) groups is 1. The smallest absolute Gasteiger partial charge is 0.412 e. The molecule has 0 heterocycles. The van der Waals surface area contributed by atoms with Gasteiger partial charge in [-0.1, -0.05) is 6.07 Å². The van der Waals surface area contributed by atoms with Crippen molar-refractivity contribution in [3.63, 3.8) is 0 Å². The van der Waals surface area contributed by atoms with E-state index in [0.717, 1.165) is 0 Å². The van der Waals surface area contributed by atoms with Gasteiger partial charge in [0.05, 0.1) is 0 Å². The molecular weight excluding hydrogens is 184 g/mol. The van der Waals surface area contributed by atoms with E-state index in [0.29, 0.717) is 18.8 Å². The van der Waals surface area contributed by atoms with E-state index in [2.05, 4.69) is 5.32 Å². The zero-order chi connectivity index (χ0) is 10.4. The summed E-state index contributed by atoms with van der Waals surface area (Å²) in [6.45, 7) is 0.715. The van der Waals surface area contributed by atoms with Crippen LogP contribution in [0.25, 0.3) is 0 Å². The van der Waals surface area contributed by atoms with Crippen molar-refractivity contribution >= 4 is 6.09 Å². The van der Waals surface area contributed by atoms with Crippen molar-refractivity contribution in [3.8, 4) is 11.5 Å². The number of carbonyl (C=O) groups excluding carboxylic acids is 1. The lowest BCUT2D eigenvalue weighted by molar-refractivity contribution is 0.200. The molecule has 5 heteroatoms. The molecule has 1 amide bonds. The second-order valence-electron chi connectivity index (χ2n) is 2.60. The van der Waals surface area contributed by atoms with Crippen LogP contribution >= 0.6 is 0 Å². The summed E-state index contributed by atoms with van der Waals surface area (Å²) >= 11 is 0. The molecule has 76 valence electrons. The highest BCUT2D eigenvalue weighted by atomic mass is 16.6. The van der Waals surface area contributed by atoms with Gasteiger partial charge in [0, 0.05) is 19.2 Å². The van der Waals surface area contributed by atoms with Gasteiger partial charge in [0.1, 0.15) is 11.5 Å². The molecule has 1 aromatic rings. The first-order valence-electron chi connectivity index (χ1n) is 4.17. The molecule has 0 aromatic heterocycles. The minimum Gasteiger partial charge on any atom is -0.508 e. The van der Waals surface area contributed by atoms with Crippen molar-refractivity contribution in [1.29, 1.82) is 0 Å². The number of amides is 1. The monoisotopic (exact) mass is 196 g/mol. The fraction of sp³-hybridized carbons (Fsp3) is 0.222. The molecule has 0 saturated carbocycles. The molecule has 0 radical (unpaired) electrons. The van der Waals surface area contributed by atoms with Crippen molar-refractivity contribution in [3.05, 3.63) is 24.3 Å². The van der Waals surface area contributed by atoms with Crippen molar-refractivity contribution < 1.29 is 14.6 Å². The average Bonchev–Trinajstić information content (AvgIpc) is 2.15. The highest BCUT2D eigenvalue weighted by Crippen LogP contribution is 2.17. The van der Waals surface area contributed by atoms with Crippen LogP contribution in [0.1, 0.15) is 0 Å². The standard InChI is InChI=1S/C9H12N2O3/c10-4-5-11-9(13)14-8-3-1-2-7(12)6-8/h1-3,6,12H,4-5,10H2,(H,11,13). The van der Waals surface area contributed by atoms with Gasteiger partial charge in [0.2, 0.25) is 0 Å². The molecular formula is C9H12N2O3. The Kier molecular flexibility index (Phi) is 3.75. The van der Waals surface area contributed by atoms with Crippen LogP contribution in [-0.2, 0) is 0 Å². The normalized spacial score (nSPS) is 9.50. The van der Waals surface area contributed by atoms with E-state index < -0.39 is 6.09 Å². The van der Waals surface area contributed by atoms with Crippen molar-refractivity contribution in [1.82, 2.24) is 5.32 Å². The lowest BCUT2D eigenvalue weighted by Crippen LogP contribution is -2.31. The summed E-state index contributed by atoms with van der Waals surface area (Å²) in [4.78, 5) is 11.0. The molecule has 1 rings (SSSR count). The first kappa shape index (κ1) is 10.3. The summed E-state index contributed by atoms with van der Waals surface area (Å²) in [5.41, 5.74) is 5.18. The van der Waals surface area contributed by atoms with Crippen LogP contribution < -0.4 is 15.8 Å². The highest BCUT2D eigenvalue weighted by molar-refractivity contribution is 5.70. The third-order valence-electron chi connectivity index (χ3n) is 1.44. The summed E-state index contributed by atoms with van der Waals surface area (Å²) < 4.78 is 4.83. The topological polar surface area (TPSA) is 84.6 Å². The van der Waals surface area contributed by atoms with Gasteiger partial charge in [-0.15, -0.1) is 0 Å². The van der Waals surface area contributed by atoms with Crippen LogP contribution in [0.5, 0.6) is 11.5 Å². The fourth-order valence-electron chi connectivity index (χ4n) is 0.864. The maximum absolute atomic E-state index is 11.0. The Morgan fingerprint density at radius 1 is 1.57 bits per heavy atom. The zero-order valence-corrected chi connectivity index (χ0v) is 7.56. The van der Waals surface area contributed by atoms with Gasteiger partial charge in [-0.3, -0.25) is 0 Å². The number of ether oxygens (including phenoxy) is 1. The van der Waals surface area contributed by atoms with Crippen LogP contribution in [-0.4, -0.2) is 24.3 Å².